The molecule has 0 spiro atoms. The van der Waals surface area contributed by atoms with Crippen LogP contribution in [0.15, 0.2) is 18.2 Å². The lowest BCUT2D eigenvalue weighted by Crippen LogP contribution is -2.06. The molecule has 3 rings (SSSR count). The average Bonchev–Trinajstić information content (AvgIpc) is 3.06. The zero-order valence-electron chi connectivity index (χ0n) is 11.1. The summed E-state index contributed by atoms with van der Waals surface area (Å²) in [4.78, 5) is 0. The van der Waals surface area contributed by atoms with Crippen LogP contribution in [0, 0.1) is 0 Å². The summed E-state index contributed by atoms with van der Waals surface area (Å²) in [7, 11) is 1.71. The van der Waals surface area contributed by atoms with Gasteiger partial charge in [-0.25, -0.2) is 0 Å². The third-order valence-electron chi connectivity index (χ3n) is 3.50. The van der Waals surface area contributed by atoms with Gasteiger partial charge in [0.2, 0.25) is 5.13 Å². The first kappa shape index (κ1) is 12.4. The molecule has 0 saturated heterocycles. The lowest BCUT2D eigenvalue weighted by Gasteiger charge is -2.13. The van der Waals surface area contributed by atoms with E-state index in [0.717, 1.165) is 35.2 Å². The molecular weight excluding hydrogens is 258 g/mol. The van der Waals surface area contributed by atoms with Gasteiger partial charge in [0.25, 0.3) is 0 Å². The van der Waals surface area contributed by atoms with E-state index in [1.54, 1.807) is 18.4 Å². The quantitative estimate of drug-likeness (QED) is 0.930. The van der Waals surface area contributed by atoms with Gasteiger partial charge < -0.3 is 10.1 Å². The maximum Gasteiger partial charge on any atom is 0.206 e. The second-order valence-corrected chi connectivity index (χ2v) is 5.72. The van der Waals surface area contributed by atoms with E-state index in [0.29, 0.717) is 6.04 Å². The van der Waals surface area contributed by atoms with E-state index >= 15 is 0 Å². The van der Waals surface area contributed by atoms with Gasteiger partial charge in [-0.2, -0.15) is 0 Å². The average molecular weight is 275 g/mol. The first-order valence-electron chi connectivity index (χ1n) is 6.56. The highest BCUT2D eigenvalue weighted by atomic mass is 32.1. The lowest BCUT2D eigenvalue weighted by atomic mass is 10.1. The lowest BCUT2D eigenvalue weighted by molar-refractivity contribution is 0.414. The monoisotopic (exact) mass is 275 g/mol. The molecule has 0 fully saturated rings. The van der Waals surface area contributed by atoms with Crippen LogP contribution in [0.3, 0.4) is 0 Å². The molecule has 1 aliphatic rings. The van der Waals surface area contributed by atoms with Crippen molar-refractivity contribution in [2.45, 2.75) is 32.2 Å². The molecule has 1 aromatic carbocycles. The molecule has 1 unspecified atom stereocenters. The molecule has 1 N–H and O–H groups in total. The van der Waals surface area contributed by atoms with Gasteiger partial charge in [0.15, 0.2) is 0 Å². The fraction of sp³-hybridized carbons (Fsp3) is 0.429. The number of hydrogen-bond acceptors (Lipinski definition) is 5. The van der Waals surface area contributed by atoms with Gasteiger partial charge in [-0.15, -0.1) is 10.2 Å². The number of ether oxygens (including phenoxy) is 1. The number of nitrogens with one attached hydrogen (secondary N) is 1. The number of aromatic nitrogens is 2. The van der Waals surface area contributed by atoms with Crippen molar-refractivity contribution in [3.05, 3.63) is 34.3 Å². The van der Waals surface area contributed by atoms with Crippen molar-refractivity contribution < 1.29 is 4.74 Å². The molecule has 5 heteroatoms. The fourth-order valence-corrected chi connectivity index (χ4v) is 3.19. The minimum atomic E-state index is 0.322. The normalized spacial score (nSPS) is 17.3. The van der Waals surface area contributed by atoms with Crippen molar-refractivity contribution in [1.82, 2.24) is 10.2 Å². The minimum absolute atomic E-state index is 0.322. The Morgan fingerprint density at radius 2 is 2.32 bits per heavy atom. The summed E-state index contributed by atoms with van der Waals surface area (Å²) in [5, 5.41) is 13.8. The van der Waals surface area contributed by atoms with Gasteiger partial charge in [-0.05, 0) is 42.5 Å². The molecule has 1 atom stereocenters. The Hall–Kier alpha value is -1.62. The number of rotatable bonds is 4. The summed E-state index contributed by atoms with van der Waals surface area (Å²) in [6.07, 6.45) is 3.15. The van der Waals surface area contributed by atoms with Gasteiger partial charge in [0.1, 0.15) is 10.8 Å². The van der Waals surface area contributed by atoms with Crippen molar-refractivity contribution in [3.63, 3.8) is 0 Å². The molecule has 1 aliphatic carbocycles. The van der Waals surface area contributed by atoms with Crippen molar-refractivity contribution in [2.24, 2.45) is 0 Å². The van der Waals surface area contributed by atoms with E-state index < -0.39 is 0 Å². The Morgan fingerprint density at radius 3 is 3.05 bits per heavy atom. The molecule has 100 valence electrons. The number of anilines is 1. The number of methoxy groups -OCH3 is 1. The standard InChI is InChI=1S/C14H17N3OS/c1-3-13-16-17-14(19-13)15-12-7-5-9-4-6-10(18-2)8-11(9)12/h4,6,8,12H,3,5,7H2,1-2H3,(H,15,17). The number of aryl methyl sites for hydroxylation is 2. The molecule has 4 nitrogen and oxygen atoms in total. The van der Waals surface area contributed by atoms with Crippen molar-refractivity contribution in [3.8, 4) is 5.75 Å². The Balaban J connectivity index is 1.81. The Labute approximate surface area is 116 Å². The van der Waals surface area contributed by atoms with Crippen LogP contribution < -0.4 is 10.1 Å². The summed E-state index contributed by atoms with van der Waals surface area (Å²) < 4.78 is 5.31. The molecule has 0 amide bonds. The van der Waals surface area contributed by atoms with Gasteiger partial charge in [0.05, 0.1) is 13.2 Å². The molecule has 0 aliphatic heterocycles. The maximum atomic E-state index is 5.31. The van der Waals surface area contributed by atoms with Crippen LogP contribution in [-0.4, -0.2) is 17.3 Å². The Morgan fingerprint density at radius 1 is 1.42 bits per heavy atom. The second-order valence-electron chi connectivity index (χ2n) is 4.65. The molecule has 1 heterocycles. The second kappa shape index (κ2) is 5.17. The number of fused-ring (bicyclic) bond motifs is 1. The number of hydrogen-bond donors (Lipinski definition) is 1. The van der Waals surface area contributed by atoms with Crippen LogP contribution in [-0.2, 0) is 12.8 Å². The van der Waals surface area contributed by atoms with Crippen LogP contribution in [0.5, 0.6) is 5.75 Å². The van der Waals surface area contributed by atoms with Crippen molar-refractivity contribution in [1.29, 1.82) is 0 Å². The highest BCUT2D eigenvalue weighted by Crippen LogP contribution is 2.36. The van der Waals surface area contributed by atoms with E-state index in [-0.39, 0.29) is 0 Å². The highest BCUT2D eigenvalue weighted by molar-refractivity contribution is 7.15. The molecule has 1 aromatic heterocycles. The predicted octanol–water partition coefficient (Wildman–Crippen LogP) is 3.21. The summed E-state index contributed by atoms with van der Waals surface area (Å²) in [5.41, 5.74) is 2.73. The van der Waals surface area contributed by atoms with Crippen LogP contribution >= 0.6 is 11.3 Å². The Bertz CT molecular complexity index is 582. The van der Waals surface area contributed by atoms with Crippen molar-refractivity contribution >= 4 is 16.5 Å². The first-order chi connectivity index (χ1) is 9.30. The van der Waals surface area contributed by atoms with Crippen molar-refractivity contribution in [2.75, 3.05) is 12.4 Å². The van der Waals surface area contributed by atoms with E-state index in [9.17, 15) is 0 Å². The first-order valence-corrected chi connectivity index (χ1v) is 7.37. The smallest absolute Gasteiger partial charge is 0.206 e. The number of benzene rings is 1. The largest absolute Gasteiger partial charge is 0.497 e. The zero-order chi connectivity index (χ0) is 13.2. The summed E-state index contributed by atoms with van der Waals surface area (Å²) in [5.74, 6) is 0.916. The fourth-order valence-electron chi connectivity index (χ4n) is 2.46. The third kappa shape index (κ3) is 2.42. The predicted molar refractivity (Wildman–Crippen MR) is 77.0 cm³/mol. The molecule has 0 radical (unpaired) electrons. The molecule has 19 heavy (non-hydrogen) atoms. The van der Waals surface area contributed by atoms with Crippen LogP contribution in [0.1, 0.15) is 35.5 Å². The van der Waals surface area contributed by atoms with E-state index in [1.807, 2.05) is 6.07 Å². The van der Waals surface area contributed by atoms with Gasteiger partial charge in [-0.1, -0.05) is 24.3 Å². The number of nitrogens with zero attached hydrogens (tertiary/aromatic N) is 2. The molecule has 0 saturated carbocycles. The van der Waals surface area contributed by atoms with E-state index in [4.69, 9.17) is 4.74 Å². The summed E-state index contributed by atoms with van der Waals surface area (Å²) in [6.45, 7) is 2.10. The molecule has 0 bridgehead atoms. The topological polar surface area (TPSA) is 47.0 Å². The summed E-state index contributed by atoms with van der Waals surface area (Å²) in [6, 6.07) is 6.64. The van der Waals surface area contributed by atoms with Gasteiger partial charge in [-0.3, -0.25) is 0 Å². The third-order valence-corrected chi connectivity index (χ3v) is 4.50. The zero-order valence-corrected chi connectivity index (χ0v) is 12.0. The van der Waals surface area contributed by atoms with E-state index in [1.165, 1.54) is 11.1 Å². The SMILES string of the molecule is CCc1nnc(NC2CCc3ccc(OC)cc32)s1. The van der Waals surface area contributed by atoms with Gasteiger partial charge >= 0.3 is 0 Å². The van der Waals surface area contributed by atoms with Gasteiger partial charge in [0, 0.05) is 0 Å². The molecule has 2 aromatic rings. The highest BCUT2D eigenvalue weighted by Gasteiger charge is 2.23. The Kier molecular flexibility index (Phi) is 3.38. The van der Waals surface area contributed by atoms with Crippen LogP contribution in [0.25, 0.3) is 0 Å². The minimum Gasteiger partial charge on any atom is -0.497 e. The van der Waals surface area contributed by atoms with Crippen LogP contribution in [0.4, 0.5) is 5.13 Å². The summed E-state index contributed by atoms with van der Waals surface area (Å²) >= 11 is 1.64. The molecular formula is C14H17N3OS. The van der Waals surface area contributed by atoms with E-state index in [2.05, 4.69) is 34.6 Å². The van der Waals surface area contributed by atoms with Crippen LogP contribution in [0.2, 0.25) is 0 Å². The maximum absolute atomic E-state index is 5.31.